The van der Waals surface area contributed by atoms with Crippen molar-refractivity contribution in [1.82, 2.24) is 20.3 Å². The van der Waals surface area contributed by atoms with Crippen LogP contribution in [0.15, 0.2) is 12.4 Å². The predicted octanol–water partition coefficient (Wildman–Crippen LogP) is 3.71. The molecule has 0 aromatic carbocycles. The maximum Gasteiger partial charge on any atom is 0.188 e. The van der Waals surface area contributed by atoms with E-state index in [-0.39, 0.29) is 5.41 Å². The van der Waals surface area contributed by atoms with E-state index in [0.717, 1.165) is 41.6 Å². The molecule has 0 saturated heterocycles. The second kappa shape index (κ2) is 6.62. The van der Waals surface area contributed by atoms with E-state index in [0.29, 0.717) is 0 Å². The Kier molecular flexibility index (Phi) is 5.06. The number of rotatable bonds is 5. The fraction of sp³-hybridized carbons (Fsp3) is 0.562. The molecule has 0 bridgehead atoms. The van der Waals surface area contributed by atoms with E-state index >= 15 is 0 Å². The number of hydrogen-bond donors (Lipinski definition) is 1. The Morgan fingerprint density at radius 2 is 1.86 bits per heavy atom. The van der Waals surface area contributed by atoms with Crippen LogP contribution in [0.5, 0.6) is 0 Å². The molecule has 21 heavy (non-hydrogen) atoms. The number of thiazole rings is 1. The molecule has 4 nitrogen and oxygen atoms in total. The van der Waals surface area contributed by atoms with Gasteiger partial charge in [0.15, 0.2) is 10.8 Å². The molecule has 0 unspecified atom stereocenters. The Labute approximate surface area is 131 Å². The van der Waals surface area contributed by atoms with E-state index in [1.165, 1.54) is 4.88 Å². The average Bonchev–Trinajstić information content (AvgIpc) is 2.84. The van der Waals surface area contributed by atoms with Gasteiger partial charge >= 0.3 is 0 Å². The molecule has 0 aliphatic heterocycles. The first kappa shape index (κ1) is 16.0. The quantitative estimate of drug-likeness (QED) is 0.856. The standard InChI is InChI=1S/C16H24N4S/c1-6-7-17-10-12-13(16(3,4)5)20-15(21-12)14-18-8-11(2)9-19-14/h8-9,17H,6-7,10H2,1-5H3. The lowest BCUT2D eigenvalue weighted by atomic mass is 9.91. The molecule has 0 radical (unpaired) electrons. The number of hydrogen-bond acceptors (Lipinski definition) is 5. The smallest absolute Gasteiger partial charge is 0.188 e. The van der Waals surface area contributed by atoms with Crippen molar-refractivity contribution in [2.24, 2.45) is 0 Å². The highest BCUT2D eigenvalue weighted by Gasteiger charge is 2.24. The summed E-state index contributed by atoms with van der Waals surface area (Å²) in [6, 6.07) is 0. The van der Waals surface area contributed by atoms with Crippen molar-refractivity contribution in [2.45, 2.75) is 53.0 Å². The van der Waals surface area contributed by atoms with Crippen LogP contribution in [0.2, 0.25) is 0 Å². The molecular formula is C16H24N4S. The normalized spacial score (nSPS) is 11.9. The minimum atomic E-state index is 0.0304. The van der Waals surface area contributed by atoms with Gasteiger partial charge in [-0.2, -0.15) is 0 Å². The highest BCUT2D eigenvalue weighted by molar-refractivity contribution is 7.15. The van der Waals surface area contributed by atoms with Gasteiger partial charge in [0.25, 0.3) is 0 Å². The van der Waals surface area contributed by atoms with Crippen LogP contribution in [-0.4, -0.2) is 21.5 Å². The zero-order chi connectivity index (χ0) is 15.5. The Balaban J connectivity index is 2.33. The van der Waals surface area contributed by atoms with Crippen LogP contribution in [0.4, 0.5) is 0 Å². The first-order chi connectivity index (χ1) is 9.91. The molecule has 2 aromatic rings. The third-order valence-corrected chi connectivity index (χ3v) is 4.14. The minimum Gasteiger partial charge on any atom is -0.312 e. The molecule has 0 spiro atoms. The highest BCUT2D eigenvalue weighted by Crippen LogP contribution is 2.33. The zero-order valence-electron chi connectivity index (χ0n) is 13.5. The first-order valence-electron chi connectivity index (χ1n) is 7.41. The van der Waals surface area contributed by atoms with Gasteiger partial charge in [0.05, 0.1) is 5.69 Å². The second-order valence-electron chi connectivity index (χ2n) is 6.30. The third kappa shape index (κ3) is 4.08. The molecule has 2 heterocycles. The SMILES string of the molecule is CCCNCc1sc(-c2ncc(C)cn2)nc1C(C)(C)C. The van der Waals surface area contributed by atoms with Crippen molar-refractivity contribution in [3.05, 3.63) is 28.5 Å². The van der Waals surface area contributed by atoms with E-state index in [1.54, 1.807) is 11.3 Å². The van der Waals surface area contributed by atoms with Gasteiger partial charge in [-0.25, -0.2) is 15.0 Å². The van der Waals surface area contributed by atoms with E-state index in [9.17, 15) is 0 Å². The summed E-state index contributed by atoms with van der Waals surface area (Å²) in [6.45, 7) is 12.7. The van der Waals surface area contributed by atoms with Crippen molar-refractivity contribution >= 4 is 11.3 Å². The van der Waals surface area contributed by atoms with Gasteiger partial charge in [-0.05, 0) is 25.5 Å². The lowest BCUT2D eigenvalue weighted by Gasteiger charge is -2.17. The van der Waals surface area contributed by atoms with Crippen LogP contribution in [0.25, 0.3) is 10.8 Å². The monoisotopic (exact) mass is 304 g/mol. The molecule has 2 aromatic heterocycles. The van der Waals surface area contributed by atoms with E-state index in [1.807, 2.05) is 19.3 Å². The topological polar surface area (TPSA) is 50.7 Å². The molecule has 2 rings (SSSR count). The van der Waals surface area contributed by atoms with Gasteiger partial charge in [-0.1, -0.05) is 27.7 Å². The van der Waals surface area contributed by atoms with E-state index < -0.39 is 0 Å². The van der Waals surface area contributed by atoms with Crippen LogP contribution in [0.3, 0.4) is 0 Å². The van der Waals surface area contributed by atoms with Crippen molar-refractivity contribution in [3.8, 4) is 10.8 Å². The Morgan fingerprint density at radius 1 is 1.19 bits per heavy atom. The molecule has 0 atom stereocenters. The lowest BCUT2D eigenvalue weighted by Crippen LogP contribution is -2.19. The van der Waals surface area contributed by atoms with Gasteiger partial charge < -0.3 is 5.32 Å². The van der Waals surface area contributed by atoms with Crippen LogP contribution < -0.4 is 5.32 Å². The van der Waals surface area contributed by atoms with Crippen LogP contribution >= 0.6 is 11.3 Å². The summed E-state index contributed by atoms with van der Waals surface area (Å²) >= 11 is 1.70. The van der Waals surface area contributed by atoms with Crippen molar-refractivity contribution in [1.29, 1.82) is 0 Å². The maximum absolute atomic E-state index is 4.81. The number of aryl methyl sites for hydroxylation is 1. The molecule has 0 aliphatic carbocycles. The fourth-order valence-electron chi connectivity index (χ4n) is 2.03. The first-order valence-corrected chi connectivity index (χ1v) is 8.23. The summed E-state index contributed by atoms with van der Waals surface area (Å²) in [5, 5.41) is 4.38. The van der Waals surface area contributed by atoms with Crippen molar-refractivity contribution in [2.75, 3.05) is 6.54 Å². The van der Waals surface area contributed by atoms with Crippen LogP contribution in [0.1, 0.15) is 50.3 Å². The van der Waals surface area contributed by atoms with Crippen LogP contribution in [0, 0.1) is 6.92 Å². The van der Waals surface area contributed by atoms with E-state index in [2.05, 4.69) is 43.0 Å². The number of nitrogens with one attached hydrogen (secondary N) is 1. The third-order valence-electron chi connectivity index (χ3n) is 3.09. The highest BCUT2D eigenvalue weighted by atomic mass is 32.1. The number of nitrogens with zero attached hydrogens (tertiary/aromatic N) is 3. The molecule has 0 aliphatic rings. The summed E-state index contributed by atoms with van der Waals surface area (Å²) < 4.78 is 0. The van der Waals surface area contributed by atoms with Crippen molar-refractivity contribution in [3.63, 3.8) is 0 Å². The Morgan fingerprint density at radius 3 is 2.43 bits per heavy atom. The van der Waals surface area contributed by atoms with E-state index in [4.69, 9.17) is 4.98 Å². The molecule has 0 fully saturated rings. The molecule has 5 heteroatoms. The van der Waals surface area contributed by atoms with Gasteiger partial charge in [0, 0.05) is 29.2 Å². The van der Waals surface area contributed by atoms with Crippen LogP contribution in [-0.2, 0) is 12.0 Å². The summed E-state index contributed by atoms with van der Waals surface area (Å²) in [7, 11) is 0. The maximum atomic E-state index is 4.81. The number of aromatic nitrogens is 3. The summed E-state index contributed by atoms with van der Waals surface area (Å²) in [6.07, 6.45) is 4.82. The minimum absolute atomic E-state index is 0.0304. The lowest BCUT2D eigenvalue weighted by molar-refractivity contribution is 0.559. The summed E-state index contributed by atoms with van der Waals surface area (Å²) in [4.78, 5) is 14.9. The summed E-state index contributed by atoms with van der Waals surface area (Å²) in [5.74, 6) is 0.720. The second-order valence-corrected chi connectivity index (χ2v) is 7.39. The largest absolute Gasteiger partial charge is 0.312 e. The molecular weight excluding hydrogens is 280 g/mol. The predicted molar refractivity (Wildman–Crippen MR) is 88.6 cm³/mol. The zero-order valence-corrected chi connectivity index (χ0v) is 14.3. The average molecular weight is 304 g/mol. The molecule has 0 amide bonds. The van der Waals surface area contributed by atoms with Gasteiger partial charge in [-0.3, -0.25) is 0 Å². The fourth-order valence-corrected chi connectivity index (χ4v) is 3.22. The van der Waals surface area contributed by atoms with Crippen molar-refractivity contribution < 1.29 is 0 Å². The Bertz CT molecular complexity index is 581. The Hall–Kier alpha value is -1.33. The molecule has 1 N–H and O–H groups in total. The van der Waals surface area contributed by atoms with Gasteiger partial charge in [-0.15, -0.1) is 11.3 Å². The molecule has 114 valence electrons. The summed E-state index contributed by atoms with van der Waals surface area (Å²) in [5.41, 5.74) is 2.24. The van der Waals surface area contributed by atoms with Gasteiger partial charge in [0.1, 0.15) is 0 Å². The molecule has 0 saturated carbocycles. The van der Waals surface area contributed by atoms with Gasteiger partial charge in [0.2, 0.25) is 0 Å².